The van der Waals surface area contributed by atoms with E-state index in [1.807, 2.05) is 13.8 Å². The van der Waals surface area contributed by atoms with Crippen LogP contribution >= 0.6 is 11.6 Å². The van der Waals surface area contributed by atoms with E-state index < -0.39 is 10.0 Å². The van der Waals surface area contributed by atoms with Crippen molar-refractivity contribution in [1.29, 1.82) is 0 Å². The first kappa shape index (κ1) is 20.3. The summed E-state index contributed by atoms with van der Waals surface area (Å²) in [4.78, 5) is 12.2. The predicted octanol–water partition coefficient (Wildman–Crippen LogP) is 3.83. The number of carbonyl (C=O) groups excluding carboxylic acids is 1. The smallest absolute Gasteiger partial charge is 0.251 e. The van der Waals surface area contributed by atoms with Crippen molar-refractivity contribution in [2.45, 2.75) is 32.9 Å². The average molecular weight is 395 g/mol. The van der Waals surface area contributed by atoms with Gasteiger partial charge in [0.1, 0.15) is 0 Å². The van der Waals surface area contributed by atoms with Crippen LogP contribution in [0.25, 0.3) is 0 Å². The first-order chi connectivity index (χ1) is 12.2. The fraction of sp³-hybridized carbons (Fsp3) is 0.316. The lowest BCUT2D eigenvalue weighted by atomic mass is 10.1. The molecule has 1 unspecified atom stereocenters. The zero-order valence-corrected chi connectivity index (χ0v) is 16.6. The van der Waals surface area contributed by atoms with Crippen LogP contribution in [0.1, 0.15) is 36.2 Å². The maximum Gasteiger partial charge on any atom is 0.251 e. The molecule has 140 valence electrons. The Hall–Kier alpha value is -2.05. The van der Waals surface area contributed by atoms with E-state index in [-0.39, 0.29) is 18.5 Å². The van der Waals surface area contributed by atoms with Gasteiger partial charge in [-0.05, 0) is 55.3 Å². The minimum Gasteiger partial charge on any atom is -0.350 e. The number of anilines is 1. The van der Waals surface area contributed by atoms with E-state index in [2.05, 4.69) is 5.32 Å². The summed E-state index contributed by atoms with van der Waals surface area (Å²) >= 11 is 5.88. The number of nitrogens with one attached hydrogen (secondary N) is 1. The topological polar surface area (TPSA) is 66.5 Å². The Balaban J connectivity index is 2.23. The van der Waals surface area contributed by atoms with Crippen LogP contribution in [0, 0.1) is 0 Å². The van der Waals surface area contributed by atoms with Crippen LogP contribution in [0.3, 0.4) is 0 Å². The van der Waals surface area contributed by atoms with E-state index in [1.165, 1.54) is 4.31 Å². The molecule has 0 aliphatic carbocycles. The third kappa shape index (κ3) is 5.47. The van der Waals surface area contributed by atoms with Gasteiger partial charge in [-0.25, -0.2) is 8.42 Å². The van der Waals surface area contributed by atoms with Crippen molar-refractivity contribution in [2.24, 2.45) is 0 Å². The number of hydrogen-bond acceptors (Lipinski definition) is 3. The zero-order chi connectivity index (χ0) is 19.3. The van der Waals surface area contributed by atoms with Crippen molar-refractivity contribution in [3.63, 3.8) is 0 Å². The first-order valence-corrected chi connectivity index (χ1v) is 10.6. The summed E-state index contributed by atoms with van der Waals surface area (Å²) < 4.78 is 25.8. The molecule has 0 fully saturated rings. The van der Waals surface area contributed by atoms with Gasteiger partial charge in [-0.2, -0.15) is 0 Å². The molecule has 1 atom stereocenters. The molecule has 0 aliphatic rings. The highest BCUT2D eigenvalue weighted by Gasteiger charge is 2.18. The molecule has 1 N–H and O–H groups in total. The maximum atomic E-state index is 12.2. The summed E-state index contributed by atoms with van der Waals surface area (Å²) in [7, 11) is -3.48. The molecule has 0 aliphatic heterocycles. The third-order valence-electron chi connectivity index (χ3n) is 4.05. The molecule has 0 radical (unpaired) electrons. The van der Waals surface area contributed by atoms with Gasteiger partial charge in [0, 0.05) is 16.6 Å². The standard InChI is InChI=1S/C19H23ClN2O3S/c1-4-14(2)21-19(23)16-7-11-18(12-8-16)22(26(3,24)25)13-15-5-9-17(20)10-6-15/h5-12,14H,4,13H2,1-3H3,(H,21,23). The largest absolute Gasteiger partial charge is 0.350 e. The van der Waals surface area contributed by atoms with Gasteiger partial charge < -0.3 is 5.32 Å². The highest BCUT2D eigenvalue weighted by Crippen LogP contribution is 2.22. The Kier molecular flexibility index (Phi) is 6.67. The monoisotopic (exact) mass is 394 g/mol. The van der Waals surface area contributed by atoms with Crippen LogP contribution in [0.2, 0.25) is 5.02 Å². The number of nitrogens with zero attached hydrogens (tertiary/aromatic N) is 1. The lowest BCUT2D eigenvalue weighted by molar-refractivity contribution is 0.0939. The van der Waals surface area contributed by atoms with Crippen LogP contribution in [-0.4, -0.2) is 26.6 Å². The van der Waals surface area contributed by atoms with E-state index >= 15 is 0 Å². The fourth-order valence-electron chi connectivity index (χ4n) is 2.34. The molecule has 5 nitrogen and oxygen atoms in total. The van der Waals surface area contributed by atoms with Crippen molar-refractivity contribution in [3.05, 3.63) is 64.7 Å². The van der Waals surface area contributed by atoms with Gasteiger partial charge in [0.25, 0.3) is 5.91 Å². The van der Waals surface area contributed by atoms with Crippen molar-refractivity contribution < 1.29 is 13.2 Å². The lowest BCUT2D eigenvalue weighted by Gasteiger charge is -2.23. The summed E-state index contributed by atoms with van der Waals surface area (Å²) in [5.74, 6) is -0.172. The Labute approximate surface area is 160 Å². The van der Waals surface area contributed by atoms with Crippen molar-refractivity contribution >= 4 is 33.2 Å². The summed E-state index contributed by atoms with van der Waals surface area (Å²) in [6.45, 7) is 4.12. The average Bonchev–Trinajstić information content (AvgIpc) is 2.60. The highest BCUT2D eigenvalue weighted by atomic mass is 35.5. The molecule has 0 heterocycles. The van der Waals surface area contributed by atoms with E-state index in [9.17, 15) is 13.2 Å². The lowest BCUT2D eigenvalue weighted by Crippen LogP contribution is -2.32. The molecule has 0 spiro atoms. The summed E-state index contributed by atoms with van der Waals surface area (Å²) in [6, 6.07) is 13.6. The molecule has 2 rings (SSSR count). The van der Waals surface area contributed by atoms with Gasteiger partial charge in [0.2, 0.25) is 10.0 Å². The van der Waals surface area contributed by atoms with Crippen molar-refractivity contribution in [3.8, 4) is 0 Å². The number of rotatable bonds is 7. The zero-order valence-electron chi connectivity index (χ0n) is 15.1. The molecular weight excluding hydrogens is 372 g/mol. The molecule has 0 saturated carbocycles. The molecule has 0 saturated heterocycles. The maximum absolute atomic E-state index is 12.2. The quantitative estimate of drug-likeness (QED) is 0.775. The second-order valence-corrected chi connectivity index (χ2v) is 8.57. The van der Waals surface area contributed by atoms with Gasteiger partial charge in [0.15, 0.2) is 0 Å². The molecule has 0 aromatic heterocycles. The molecule has 0 bridgehead atoms. The first-order valence-electron chi connectivity index (χ1n) is 8.33. The van der Waals surface area contributed by atoms with Gasteiger partial charge >= 0.3 is 0 Å². The van der Waals surface area contributed by atoms with Crippen LogP contribution in [-0.2, 0) is 16.6 Å². The van der Waals surface area contributed by atoms with Gasteiger partial charge in [-0.3, -0.25) is 9.10 Å². The minimum atomic E-state index is -3.48. The Morgan fingerprint density at radius 2 is 1.69 bits per heavy atom. The Morgan fingerprint density at radius 3 is 2.19 bits per heavy atom. The molecule has 1 amide bonds. The van der Waals surface area contributed by atoms with Gasteiger partial charge in [0.05, 0.1) is 18.5 Å². The van der Waals surface area contributed by atoms with Crippen molar-refractivity contribution in [2.75, 3.05) is 10.6 Å². The van der Waals surface area contributed by atoms with Gasteiger partial charge in [-0.1, -0.05) is 30.7 Å². The van der Waals surface area contributed by atoms with E-state index in [1.54, 1.807) is 48.5 Å². The van der Waals surface area contributed by atoms with Crippen LogP contribution in [0.4, 0.5) is 5.69 Å². The number of benzene rings is 2. The second kappa shape index (κ2) is 8.56. The predicted molar refractivity (Wildman–Crippen MR) is 106 cm³/mol. The minimum absolute atomic E-state index is 0.0830. The Bertz CT molecular complexity index is 849. The third-order valence-corrected chi connectivity index (χ3v) is 5.44. The van der Waals surface area contributed by atoms with E-state index in [4.69, 9.17) is 11.6 Å². The normalized spacial score (nSPS) is 12.5. The number of hydrogen-bond donors (Lipinski definition) is 1. The van der Waals surface area contributed by atoms with E-state index in [0.717, 1.165) is 18.2 Å². The van der Waals surface area contributed by atoms with E-state index in [0.29, 0.717) is 16.3 Å². The summed E-state index contributed by atoms with van der Waals surface area (Å²) in [5.41, 5.74) is 1.81. The number of amides is 1. The second-order valence-electron chi connectivity index (χ2n) is 6.23. The van der Waals surface area contributed by atoms with Crippen LogP contribution in [0.5, 0.6) is 0 Å². The SMILES string of the molecule is CCC(C)NC(=O)c1ccc(N(Cc2ccc(Cl)cc2)S(C)(=O)=O)cc1. The number of sulfonamides is 1. The molecule has 26 heavy (non-hydrogen) atoms. The Morgan fingerprint density at radius 1 is 1.12 bits per heavy atom. The molecule has 2 aromatic carbocycles. The van der Waals surface area contributed by atoms with Crippen LogP contribution in [0.15, 0.2) is 48.5 Å². The fourth-order valence-corrected chi connectivity index (χ4v) is 3.36. The molecule has 7 heteroatoms. The molecular formula is C19H23ClN2O3S. The highest BCUT2D eigenvalue weighted by molar-refractivity contribution is 7.92. The number of halogens is 1. The van der Waals surface area contributed by atoms with Crippen LogP contribution < -0.4 is 9.62 Å². The summed E-state index contributed by atoms with van der Waals surface area (Å²) in [6.07, 6.45) is 2.00. The molecule has 2 aromatic rings. The van der Waals surface area contributed by atoms with Gasteiger partial charge in [-0.15, -0.1) is 0 Å². The summed E-state index contributed by atoms with van der Waals surface area (Å²) in [5, 5.41) is 3.48. The number of carbonyl (C=O) groups is 1. The van der Waals surface area contributed by atoms with Crippen molar-refractivity contribution in [1.82, 2.24) is 5.32 Å².